The van der Waals surface area contributed by atoms with Crippen LogP contribution in [-0.4, -0.2) is 11.7 Å². The second-order valence-corrected chi connectivity index (χ2v) is 5.20. The van der Waals surface area contributed by atoms with Crippen LogP contribution in [0.3, 0.4) is 0 Å². The zero-order valence-corrected chi connectivity index (χ0v) is 12.1. The fraction of sp³-hybridized carbons (Fsp3) is 0.143. The molecule has 2 aromatic rings. The van der Waals surface area contributed by atoms with Crippen LogP contribution < -0.4 is 5.32 Å². The molecule has 0 aliphatic heterocycles. The van der Waals surface area contributed by atoms with Gasteiger partial charge in [0, 0.05) is 21.4 Å². The highest BCUT2D eigenvalue weighted by Crippen LogP contribution is 2.21. The van der Waals surface area contributed by atoms with E-state index in [0.29, 0.717) is 0 Å². The van der Waals surface area contributed by atoms with Crippen LogP contribution in [0.1, 0.15) is 11.7 Å². The average Bonchev–Trinajstić information content (AvgIpc) is 2.40. The Morgan fingerprint density at radius 1 is 1.16 bits per heavy atom. The summed E-state index contributed by atoms with van der Waals surface area (Å²) in [6, 6.07) is 10.6. The number of anilines is 1. The molecule has 2 N–H and O–H groups in total. The van der Waals surface area contributed by atoms with Gasteiger partial charge in [0.2, 0.25) is 0 Å². The van der Waals surface area contributed by atoms with E-state index in [4.69, 9.17) is 0 Å². The molecule has 0 aliphatic carbocycles. The molecule has 19 heavy (non-hydrogen) atoms. The third-order valence-electron chi connectivity index (χ3n) is 2.68. The normalized spacial score (nSPS) is 12.2. The van der Waals surface area contributed by atoms with Crippen molar-refractivity contribution in [3.8, 4) is 0 Å². The maximum Gasteiger partial charge on any atom is 0.129 e. The second kappa shape index (κ2) is 6.29. The minimum atomic E-state index is -1.10. The van der Waals surface area contributed by atoms with E-state index in [2.05, 4.69) is 27.9 Å². The van der Waals surface area contributed by atoms with Crippen LogP contribution in [-0.2, 0) is 0 Å². The Morgan fingerprint density at radius 2 is 1.89 bits per heavy atom. The van der Waals surface area contributed by atoms with E-state index in [1.807, 2.05) is 24.3 Å². The van der Waals surface area contributed by atoms with Crippen molar-refractivity contribution < 1.29 is 13.9 Å². The number of halogens is 3. The fourth-order valence-corrected chi connectivity index (χ4v) is 2.27. The molecule has 1 atom stereocenters. The number of benzene rings is 2. The summed E-state index contributed by atoms with van der Waals surface area (Å²) in [4.78, 5) is 0. The van der Waals surface area contributed by atoms with Crippen molar-refractivity contribution in [2.45, 2.75) is 6.10 Å². The molecule has 0 radical (unpaired) electrons. The standard InChI is InChI=1S/C14H12F2INO/c15-9-5-6-11(16)10(7-9)14(19)8-18-13-4-2-1-3-12(13)17/h1-7,14,18-19H,8H2. The van der Waals surface area contributed by atoms with E-state index in [9.17, 15) is 13.9 Å². The minimum absolute atomic E-state index is 0.0431. The summed E-state index contributed by atoms with van der Waals surface area (Å²) in [5, 5.41) is 12.9. The first-order chi connectivity index (χ1) is 9.08. The minimum Gasteiger partial charge on any atom is -0.386 e. The van der Waals surface area contributed by atoms with Crippen molar-refractivity contribution >= 4 is 28.3 Å². The van der Waals surface area contributed by atoms with Gasteiger partial charge in [0.15, 0.2) is 0 Å². The fourth-order valence-electron chi connectivity index (χ4n) is 1.69. The Bertz CT molecular complexity index is 577. The van der Waals surface area contributed by atoms with Gasteiger partial charge in [0.05, 0.1) is 6.10 Å². The Labute approximate surface area is 123 Å². The topological polar surface area (TPSA) is 32.3 Å². The van der Waals surface area contributed by atoms with E-state index in [1.165, 1.54) is 0 Å². The molecule has 0 bridgehead atoms. The molecule has 100 valence electrons. The number of para-hydroxylation sites is 1. The van der Waals surface area contributed by atoms with Crippen LogP contribution in [0.5, 0.6) is 0 Å². The van der Waals surface area contributed by atoms with E-state index in [1.54, 1.807) is 0 Å². The quantitative estimate of drug-likeness (QED) is 0.799. The molecule has 0 saturated heterocycles. The van der Waals surface area contributed by atoms with Gasteiger partial charge in [-0.05, 0) is 52.9 Å². The maximum atomic E-state index is 13.5. The lowest BCUT2D eigenvalue weighted by Gasteiger charge is -2.15. The van der Waals surface area contributed by atoms with Crippen LogP contribution in [0.2, 0.25) is 0 Å². The van der Waals surface area contributed by atoms with Gasteiger partial charge in [-0.2, -0.15) is 0 Å². The van der Waals surface area contributed by atoms with E-state index >= 15 is 0 Å². The van der Waals surface area contributed by atoms with Crippen molar-refractivity contribution in [2.24, 2.45) is 0 Å². The number of hydrogen-bond donors (Lipinski definition) is 2. The summed E-state index contributed by atoms with van der Waals surface area (Å²) >= 11 is 2.16. The first-order valence-electron chi connectivity index (χ1n) is 5.69. The monoisotopic (exact) mass is 375 g/mol. The van der Waals surface area contributed by atoms with Crippen LogP contribution in [0.25, 0.3) is 0 Å². The van der Waals surface area contributed by atoms with Crippen LogP contribution in [0.4, 0.5) is 14.5 Å². The predicted octanol–water partition coefficient (Wildman–Crippen LogP) is 3.71. The third-order valence-corrected chi connectivity index (χ3v) is 3.62. The van der Waals surface area contributed by atoms with Gasteiger partial charge in [-0.15, -0.1) is 0 Å². The molecule has 0 amide bonds. The molecule has 2 nitrogen and oxygen atoms in total. The van der Waals surface area contributed by atoms with Gasteiger partial charge in [-0.25, -0.2) is 8.78 Å². The maximum absolute atomic E-state index is 13.5. The zero-order chi connectivity index (χ0) is 13.8. The number of rotatable bonds is 4. The number of aliphatic hydroxyl groups excluding tert-OH is 1. The van der Waals surface area contributed by atoms with Crippen LogP contribution in [0, 0.1) is 15.2 Å². The smallest absolute Gasteiger partial charge is 0.129 e. The average molecular weight is 375 g/mol. The van der Waals surface area contributed by atoms with E-state index < -0.39 is 17.7 Å². The zero-order valence-electron chi connectivity index (χ0n) is 9.91. The molecule has 0 spiro atoms. The van der Waals surface area contributed by atoms with Crippen molar-refractivity contribution in [1.82, 2.24) is 0 Å². The van der Waals surface area contributed by atoms with Crippen LogP contribution >= 0.6 is 22.6 Å². The molecule has 5 heteroatoms. The molecular weight excluding hydrogens is 363 g/mol. The Kier molecular flexibility index (Phi) is 4.71. The van der Waals surface area contributed by atoms with Gasteiger partial charge >= 0.3 is 0 Å². The Morgan fingerprint density at radius 3 is 2.63 bits per heavy atom. The molecule has 0 aromatic heterocycles. The summed E-state index contributed by atoms with van der Waals surface area (Å²) < 4.78 is 27.5. The Hall–Kier alpha value is -1.21. The lowest BCUT2D eigenvalue weighted by atomic mass is 10.1. The highest BCUT2D eigenvalue weighted by Gasteiger charge is 2.14. The number of hydrogen-bond acceptors (Lipinski definition) is 2. The van der Waals surface area contributed by atoms with Crippen molar-refractivity contribution in [2.75, 3.05) is 11.9 Å². The summed E-state index contributed by atoms with van der Waals surface area (Å²) in [6.45, 7) is 0.111. The Balaban J connectivity index is 2.07. The molecule has 1 unspecified atom stereocenters. The van der Waals surface area contributed by atoms with Gasteiger partial charge in [0.25, 0.3) is 0 Å². The lowest BCUT2D eigenvalue weighted by Crippen LogP contribution is -2.14. The first kappa shape index (κ1) is 14.2. The van der Waals surface area contributed by atoms with Crippen LogP contribution in [0.15, 0.2) is 42.5 Å². The van der Waals surface area contributed by atoms with Crippen molar-refractivity contribution in [1.29, 1.82) is 0 Å². The third kappa shape index (κ3) is 3.63. The molecule has 0 aliphatic rings. The summed E-state index contributed by atoms with van der Waals surface area (Å²) in [5.41, 5.74) is 0.803. The largest absolute Gasteiger partial charge is 0.386 e. The van der Waals surface area contributed by atoms with Gasteiger partial charge in [-0.3, -0.25) is 0 Å². The summed E-state index contributed by atoms with van der Waals surface area (Å²) in [6.07, 6.45) is -1.10. The molecular formula is C14H12F2INO. The SMILES string of the molecule is OC(CNc1ccccc1I)c1cc(F)ccc1F. The van der Waals surface area contributed by atoms with Crippen molar-refractivity contribution in [3.63, 3.8) is 0 Å². The second-order valence-electron chi connectivity index (χ2n) is 4.04. The number of aliphatic hydroxyl groups is 1. The van der Waals surface area contributed by atoms with Gasteiger partial charge in [0.1, 0.15) is 11.6 Å². The lowest BCUT2D eigenvalue weighted by molar-refractivity contribution is 0.186. The van der Waals surface area contributed by atoms with Gasteiger partial charge in [-0.1, -0.05) is 12.1 Å². The predicted molar refractivity (Wildman–Crippen MR) is 79.0 cm³/mol. The highest BCUT2D eigenvalue weighted by molar-refractivity contribution is 14.1. The molecule has 2 aromatic carbocycles. The molecule has 2 rings (SSSR count). The molecule has 0 saturated carbocycles. The number of nitrogens with one attached hydrogen (secondary N) is 1. The van der Waals surface area contributed by atoms with Crippen molar-refractivity contribution in [3.05, 3.63) is 63.2 Å². The van der Waals surface area contributed by atoms with E-state index in [0.717, 1.165) is 27.5 Å². The van der Waals surface area contributed by atoms with Gasteiger partial charge < -0.3 is 10.4 Å². The first-order valence-corrected chi connectivity index (χ1v) is 6.77. The molecule has 0 fully saturated rings. The molecule has 0 heterocycles. The summed E-state index contributed by atoms with van der Waals surface area (Å²) in [5.74, 6) is -1.18. The summed E-state index contributed by atoms with van der Waals surface area (Å²) in [7, 11) is 0. The van der Waals surface area contributed by atoms with E-state index in [-0.39, 0.29) is 12.1 Å². The highest BCUT2D eigenvalue weighted by atomic mass is 127.